The highest BCUT2D eigenvalue weighted by molar-refractivity contribution is 7.80. The summed E-state index contributed by atoms with van der Waals surface area (Å²) in [6.07, 6.45) is -2.01. The number of benzene rings is 1. The summed E-state index contributed by atoms with van der Waals surface area (Å²) in [4.78, 5) is 71.3. The number of phenols is 1. The Hall–Kier alpha value is -3.85. The zero-order chi connectivity index (χ0) is 27.4. The number of hydrogen-bond acceptors (Lipinski definition) is 9. The van der Waals surface area contributed by atoms with Crippen molar-refractivity contribution in [3.63, 3.8) is 0 Å². The molecule has 0 fully saturated rings. The number of aliphatic carboxylic acids is 3. The SMILES string of the molecule is NC(CS)C(=O)NC(CCC(=O)O)C(=O)NC(Cc1ccc(O)cc1)C(=O)NC(CC(=O)O)C(=O)O. The van der Waals surface area contributed by atoms with Gasteiger partial charge in [-0.05, 0) is 24.1 Å². The molecule has 14 nitrogen and oxygen atoms in total. The Bertz CT molecular complexity index is 972. The van der Waals surface area contributed by atoms with Crippen molar-refractivity contribution in [2.24, 2.45) is 5.73 Å². The van der Waals surface area contributed by atoms with Crippen molar-refractivity contribution in [1.82, 2.24) is 16.0 Å². The van der Waals surface area contributed by atoms with Gasteiger partial charge in [0.2, 0.25) is 17.7 Å². The molecule has 4 atom stereocenters. The van der Waals surface area contributed by atoms with E-state index >= 15 is 0 Å². The molecule has 0 heterocycles. The molecule has 0 saturated carbocycles. The monoisotopic (exact) mass is 528 g/mol. The van der Waals surface area contributed by atoms with Gasteiger partial charge < -0.3 is 42.1 Å². The van der Waals surface area contributed by atoms with Gasteiger partial charge in [0.05, 0.1) is 12.5 Å². The lowest BCUT2D eigenvalue weighted by Gasteiger charge is -2.25. The summed E-state index contributed by atoms with van der Waals surface area (Å²) in [5.41, 5.74) is 6.02. The van der Waals surface area contributed by atoms with E-state index in [0.717, 1.165) is 0 Å². The minimum Gasteiger partial charge on any atom is -0.508 e. The lowest BCUT2D eigenvalue weighted by molar-refractivity contribution is -0.147. The van der Waals surface area contributed by atoms with Gasteiger partial charge in [0.1, 0.15) is 23.9 Å². The molecule has 36 heavy (non-hydrogen) atoms. The van der Waals surface area contributed by atoms with Crippen LogP contribution < -0.4 is 21.7 Å². The van der Waals surface area contributed by atoms with Crippen LogP contribution in [-0.2, 0) is 35.2 Å². The van der Waals surface area contributed by atoms with Crippen LogP contribution in [0.3, 0.4) is 0 Å². The average Bonchev–Trinajstić information content (AvgIpc) is 2.80. The van der Waals surface area contributed by atoms with E-state index < -0.39 is 72.6 Å². The number of carboxylic acids is 3. The molecule has 0 spiro atoms. The van der Waals surface area contributed by atoms with E-state index in [1.807, 2.05) is 5.32 Å². The second-order valence-electron chi connectivity index (χ2n) is 7.71. The molecule has 0 aliphatic heterocycles. The fourth-order valence-corrected chi connectivity index (χ4v) is 3.06. The number of aromatic hydroxyl groups is 1. The van der Waals surface area contributed by atoms with Gasteiger partial charge in [-0.1, -0.05) is 12.1 Å². The van der Waals surface area contributed by atoms with Crippen LogP contribution in [0.25, 0.3) is 0 Å². The molecule has 198 valence electrons. The van der Waals surface area contributed by atoms with Crippen LogP contribution in [0.15, 0.2) is 24.3 Å². The van der Waals surface area contributed by atoms with E-state index in [1.165, 1.54) is 24.3 Å². The molecule has 0 aliphatic rings. The molecule has 15 heteroatoms. The van der Waals surface area contributed by atoms with Crippen LogP contribution >= 0.6 is 12.6 Å². The predicted molar refractivity (Wildman–Crippen MR) is 126 cm³/mol. The van der Waals surface area contributed by atoms with Gasteiger partial charge in [-0.3, -0.25) is 24.0 Å². The molecular formula is C21H28N4O10S. The highest BCUT2D eigenvalue weighted by atomic mass is 32.1. The number of hydrogen-bond donors (Lipinski definition) is 9. The first-order chi connectivity index (χ1) is 16.8. The van der Waals surface area contributed by atoms with Crippen LogP contribution in [0.2, 0.25) is 0 Å². The van der Waals surface area contributed by atoms with Crippen LogP contribution in [0.4, 0.5) is 0 Å². The molecule has 4 unspecified atom stereocenters. The number of nitrogens with two attached hydrogens (primary N) is 1. The zero-order valence-corrected chi connectivity index (χ0v) is 19.8. The van der Waals surface area contributed by atoms with Crippen LogP contribution in [0.1, 0.15) is 24.8 Å². The standard InChI is InChI=1S/C21H28N4O10S/c22-12(9-36)18(31)23-13(5-6-16(27)28)19(32)24-14(7-10-1-3-11(26)4-2-10)20(33)25-15(21(34)35)8-17(29)30/h1-4,12-15,26,36H,5-9,22H2,(H,23,31)(H,24,32)(H,25,33)(H,27,28)(H,29,30)(H,34,35). The summed E-state index contributed by atoms with van der Waals surface area (Å²) in [7, 11) is 0. The molecular weight excluding hydrogens is 500 g/mol. The second kappa shape index (κ2) is 14.5. The minimum atomic E-state index is -1.80. The Morgan fingerprint density at radius 3 is 1.83 bits per heavy atom. The number of rotatable bonds is 15. The Morgan fingerprint density at radius 1 is 0.806 bits per heavy atom. The Balaban J connectivity index is 3.18. The number of nitrogens with one attached hydrogen (secondary N) is 3. The number of carbonyl (C=O) groups is 6. The smallest absolute Gasteiger partial charge is 0.326 e. The van der Waals surface area contributed by atoms with Crippen LogP contribution in [-0.4, -0.2) is 86.0 Å². The summed E-state index contributed by atoms with van der Waals surface area (Å²) in [6.45, 7) is 0. The van der Waals surface area contributed by atoms with E-state index in [2.05, 4.69) is 23.3 Å². The van der Waals surface area contributed by atoms with E-state index in [-0.39, 0.29) is 24.3 Å². The lowest BCUT2D eigenvalue weighted by atomic mass is 10.0. The van der Waals surface area contributed by atoms with Crippen LogP contribution in [0, 0.1) is 0 Å². The van der Waals surface area contributed by atoms with Gasteiger partial charge in [0.25, 0.3) is 0 Å². The summed E-state index contributed by atoms with van der Waals surface area (Å²) in [5, 5.41) is 43.3. The second-order valence-corrected chi connectivity index (χ2v) is 8.08. The van der Waals surface area contributed by atoms with Crippen molar-refractivity contribution in [2.75, 3.05) is 5.75 Å². The van der Waals surface area contributed by atoms with Gasteiger partial charge in [0, 0.05) is 18.6 Å². The molecule has 9 N–H and O–H groups in total. The molecule has 0 saturated heterocycles. The van der Waals surface area contributed by atoms with E-state index in [0.29, 0.717) is 5.56 Å². The largest absolute Gasteiger partial charge is 0.508 e. The maximum atomic E-state index is 12.9. The van der Waals surface area contributed by atoms with Crippen molar-refractivity contribution >= 4 is 48.3 Å². The number of phenolic OH excluding ortho intramolecular Hbond substituents is 1. The summed E-state index contributed by atoms with van der Waals surface area (Å²) in [5.74, 6) is -7.29. The molecule has 1 rings (SSSR count). The Labute approximate surface area is 210 Å². The Morgan fingerprint density at radius 2 is 1.33 bits per heavy atom. The third-order valence-electron chi connectivity index (χ3n) is 4.82. The van der Waals surface area contributed by atoms with Crippen molar-refractivity contribution in [3.05, 3.63) is 29.8 Å². The zero-order valence-electron chi connectivity index (χ0n) is 18.9. The first kappa shape index (κ1) is 30.2. The van der Waals surface area contributed by atoms with Crippen molar-refractivity contribution < 1.29 is 49.2 Å². The predicted octanol–water partition coefficient (Wildman–Crippen LogP) is -1.93. The fraction of sp³-hybridized carbons (Fsp3) is 0.429. The minimum absolute atomic E-state index is 0.0643. The molecule has 0 aromatic heterocycles. The van der Waals surface area contributed by atoms with Gasteiger partial charge in [-0.2, -0.15) is 12.6 Å². The number of thiol groups is 1. The van der Waals surface area contributed by atoms with Crippen molar-refractivity contribution in [1.29, 1.82) is 0 Å². The van der Waals surface area contributed by atoms with Gasteiger partial charge in [0.15, 0.2) is 0 Å². The topological polar surface area (TPSA) is 245 Å². The first-order valence-corrected chi connectivity index (χ1v) is 11.2. The van der Waals surface area contributed by atoms with E-state index in [4.69, 9.17) is 15.9 Å². The average molecular weight is 529 g/mol. The van der Waals surface area contributed by atoms with Crippen LogP contribution in [0.5, 0.6) is 5.75 Å². The van der Waals surface area contributed by atoms with Gasteiger partial charge in [-0.25, -0.2) is 4.79 Å². The lowest BCUT2D eigenvalue weighted by Crippen LogP contribution is -2.58. The molecule has 0 bridgehead atoms. The van der Waals surface area contributed by atoms with Crippen molar-refractivity contribution in [2.45, 2.75) is 49.9 Å². The molecule has 0 radical (unpaired) electrons. The molecule has 1 aromatic carbocycles. The third kappa shape index (κ3) is 10.6. The van der Waals surface area contributed by atoms with E-state index in [9.17, 15) is 39.0 Å². The number of carboxylic acid groups (broad SMARTS) is 3. The summed E-state index contributed by atoms with van der Waals surface area (Å²) < 4.78 is 0. The summed E-state index contributed by atoms with van der Waals surface area (Å²) in [6, 6.07) is -0.283. The van der Waals surface area contributed by atoms with E-state index in [1.54, 1.807) is 0 Å². The fourth-order valence-electron chi connectivity index (χ4n) is 2.89. The normalized spacial score (nSPS) is 13.9. The quantitative estimate of drug-likeness (QED) is 0.113. The number of carbonyl (C=O) groups excluding carboxylic acids is 3. The highest BCUT2D eigenvalue weighted by Gasteiger charge is 2.31. The molecule has 0 aliphatic carbocycles. The Kier molecular flexibility index (Phi) is 12.2. The summed E-state index contributed by atoms with van der Waals surface area (Å²) >= 11 is 3.89. The maximum Gasteiger partial charge on any atom is 0.326 e. The first-order valence-electron chi connectivity index (χ1n) is 10.6. The van der Waals surface area contributed by atoms with Crippen molar-refractivity contribution in [3.8, 4) is 5.75 Å². The number of amides is 3. The van der Waals surface area contributed by atoms with Gasteiger partial charge >= 0.3 is 17.9 Å². The van der Waals surface area contributed by atoms with Gasteiger partial charge in [-0.15, -0.1) is 0 Å². The third-order valence-corrected chi connectivity index (χ3v) is 5.21. The molecule has 1 aromatic rings. The highest BCUT2D eigenvalue weighted by Crippen LogP contribution is 2.12. The molecule has 3 amide bonds. The maximum absolute atomic E-state index is 12.9.